The van der Waals surface area contributed by atoms with Gasteiger partial charge in [0, 0.05) is 19.6 Å². The molecule has 1 rings (SSSR count). The molecular weight excluding hydrogens is 156 g/mol. The van der Waals surface area contributed by atoms with Crippen molar-refractivity contribution in [1.29, 1.82) is 0 Å². The van der Waals surface area contributed by atoms with Crippen molar-refractivity contribution in [3.05, 3.63) is 0 Å². The van der Waals surface area contributed by atoms with Gasteiger partial charge in [-0.15, -0.1) is 0 Å². The molecule has 0 amide bonds. The number of rotatable bonds is 2. The van der Waals surface area contributed by atoms with Crippen molar-refractivity contribution < 1.29 is 0 Å². The van der Waals surface area contributed by atoms with Gasteiger partial charge in [0.2, 0.25) is 0 Å². The number of hydrogen-bond donors (Lipinski definition) is 1. The molecule has 0 bridgehead atoms. The Morgan fingerprint density at radius 2 is 2.18 bits per heavy atom. The monoisotopic (exact) mass is 176 g/mol. The average molecular weight is 176 g/mol. The van der Waals surface area contributed by atoms with Crippen molar-refractivity contribution in [2.45, 2.75) is 6.92 Å². The molecule has 2 nitrogen and oxygen atoms in total. The Kier molecular flexibility index (Phi) is 2.84. The second-order valence-electron chi connectivity index (χ2n) is 3.93. The van der Waals surface area contributed by atoms with Crippen LogP contribution in [0.15, 0.2) is 0 Å². The van der Waals surface area contributed by atoms with Crippen LogP contribution < -0.4 is 5.73 Å². The first-order valence-corrected chi connectivity index (χ1v) is 6.80. The van der Waals surface area contributed by atoms with Crippen LogP contribution in [0, 0.1) is 5.92 Å². The lowest BCUT2D eigenvalue weighted by Crippen LogP contribution is -2.28. The van der Waals surface area contributed by atoms with Gasteiger partial charge in [0.25, 0.3) is 0 Å². The van der Waals surface area contributed by atoms with Gasteiger partial charge >= 0.3 is 0 Å². The third kappa shape index (κ3) is 2.10. The van der Waals surface area contributed by atoms with E-state index in [1.54, 1.807) is 0 Å². The molecule has 1 aliphatic heterocycles. The molecule has 2 N–H and O–H groups in total. The fourth-order valence-corrected chi connectivity index (χ4v) is 4.85. The molecule has 68 valence electrons. The lowest BCUT2D eigenvalue weighted by molar-refractivity contribution is 0.446. The zero-order valence-corrected chi connectivity index (χ0v) is 8.66. The van der Waals surface area contributed by atoms with Gasteiger partial charge in [-0.2, -0.15) is 10.2 Å². The summed E-state index contributed by atoms with van der Waals surface area (Å²) >= 11 is 0. The van der Waals surface area contributed by atoms with Crippen LogP contribution in [0.2, 0.25) is 0 Å². The van der Waals surface area contributed by atoms with Crippen LogP contribution in [0.3, 0.4) is 0 Å². The van der Waals surface area contributed by atoms with Crippen molar-refractivity contribution in [2.75, 3.05) is 37.9 Å². The summed E-state index contributed by atoms with van der Waals surface area (Å²) < 4.78 is 2.58. The third-order valence-electron chi connectivity index (χ3n) is 2.29. The summed E-state index contributed by atoms with van der Waals surface area (Å²) in [6.45, 7) is 5.50. The van der Waals surface area contributed by atoms with Gasteiger partial charge in [0.05, 0.1) is 0 Å². The normalized spacial score (nSPS) is 34.0. The van der Waals surface area contributed by atoms with E-state index in [-0.39, 0.29) is 0 Å². The maximum atomic E-state index is 5.55. The van der Waals surface area contributed by atoms with E-state index in [0.717, 1.165) is 19.0 Å². The molecule has 1 aliphatic rings. The molecule has 1 saturated heterocycles. The number of nitrogens with zero attached hydrogens (tertiary/aromatic N) is 1. The average Bonchev–Trinajstić information content (AvgIpc) is 2.07. The summed E-state index contributed by atoms with van der Waals surface area (Å²) in [5, 5.41) is 0. The molecule has 0 aromatic carbocycles. The van der Waals surface area contributed by atoms with Gasteiger partial charge < -0.3 is 5.73 Å². The van der Waals surface area contributed by atoms with E-state index in [1.807, 2.05) is 0 Å². The third-order valence-corrected chi connectivity index (χ3v) is 5.40. The molecule has 0 aromatic heterocycles. The fraction of sp³-hybridized carbons (Fsp3) is 1.00. The second kappa shape index (κ2) is 3.33. The summed E-state index contributed by atoms with van der Waals surface area (Å²) in [4.78, 5) is 0. The van der Waals surface area contributed by atoms with Crippen LogP contribution in [-0.4, -0.2) is 42.2 Å². The minimum Gasteiger partial charge on any atom is -0.329 e. The second-order valence-corrected chi connectivity index (χ2v) is 7.74. The van der Waals surface area contributed by atoms with E-state index in [9.17, 15) is 0 Å². The van der Waals surface area contributed by atoms with Gasteiger partial charge in [-0.1, -0.05) is 6.92 Å². The fourth-order valence-electron chi connectivity index (χ4n) is 1.89. The van der Waals surface area contributed by atoms with Crippen molar-refractivity contribution in [3.63, 3.8) is 0 Å². The zero-order chi connectivity index (χ0) is 8.48. The number of nitrogens with two attached hydrogens (primary N) is 1. The molecule has 11 heavy (non-hydrogen) atoms. The minimum atomic E-state index is -0.445. The minimum absolute atomic E-state index is 0.445. The highest BCUT2D eigenvalue weighted by Crippen LogP contribution is 2.50. The Hall–Kier alpha value is 0.270. The van der Waals surface area contributed by atoms with E-state index < -0.39 is 10.2 Å². The van der Waals surface area contributed by atoms with Crippen LogP contribution in [0.4, 0.5) is 0 Å². The van der Waals surface area contributed by atoms with Crippen molar-refractivity contribution in [1.82, 2.24) is 4.31 Å². The largest absolute Gasteiger partial charge is 0.329 e. The summed E-state index contributed by atoms with van der Waals surface area (Å²) in [5.74, 6) is 2.28. The highest BCUT2D eigenvalue weighted by Gasteiger charge is 2.31. The molecule has 0 saturated carbocycles. The van der Waals surface area contributed by atoms with Crippen molar-refractivity contribution >= 4 is 10.2 Å². The first-order chi connectivity index (χ1) is 5.06. The molecule has 3 heteroatoms. The molecule has 1 heterocycles. The van der Waals surface area contributed by atoms with E-state index >= 15 is 0 Å². The zero-order valence-electron chi connectivity index (χ0n) is 7.84. The summed E-state index contributed by atoms with van der Waals surface area (Å²) in [5.41, 5.74) is 5.55. The summed E-state index contributed by atoms with van der Waals surface area (Å²) in [6, 6.07) is 0. The van der Waals surface area contributed by atoms with Gasteiger partial charge in [0.1, 0.15) is 0 Å². The van der Waals surface area contributed by atoms with Crippen LogP contribution in [0.5, 0.6) is 0 Å². The number of hydrogen-bond acceptors (Lipinski definition) is 2. The maximum absolute atomic E-state index is 5.55. The molecule has 0 unspecified atom stereocenters. The van der Waals surface area contributed by atoms with E-state index in [4.69, 9.17) is 5.73 Å². The molecule has 0 aliphatic carbocycles. The quantitative estimate of drug-likeness (QED) is 0.676. The topological polar surface area (TPSA) is 29.3 Å². The van der Waals surface area contributed by atoms with Crippen LogP contribution in [-0.2, 0) is 0 Å². The summed E-state index contributed by atoms with van der Waals surface area (Å²) in [6.07, 6.45) is 4.79. The van der Waals surface area contributed by atoms with Crippen LogP contribution in [0.1, 0.15) is 6.92 Å². The Balaban J connectivity index is 2.51. The highest BCUT2D eigenvalue weighted by atomic mass is 32.3. The van der Waals surface area contributed by atoms with Gasteiger partial charge in [0.15, 0.2) is 0 Å². The molecule has 0 radical (unpaired) electrons. The Morgan fingerprint density at radius 1 is 1.55 bits per heavy atom. The predicted octanol–water partition coefficient (Wildman–Crippen LogP) is 0.876. The predicted molar refractivity (Wildman–Crippen MR) is 54.1 cm³/mol. The highest BCUT2D eigenvalue weighted by molar-refractivity contribution is 8.30. The Bertz CT molecular complexity index is 136. The van der Waals surface area contributed by atoms with Crippen LogP contribution in [0.25, 0.3) is 0 Å². The van der Waals surface area contributed by atoms with Crippen LogP contribution >= 0.6 is 10.2 Å². The maximum Gasteiger partial charge on any atom is 0.0197 e. The molecule has 1 fully saturated rings. The van der Waals surface area contributed by atoms with Gasteiger partial charge in [-0.3, -0.25) is 4.31 Å². The standard InChI is InChI=1S/C8H20N2S/c1-8-6-10(5-4-9)11(2,3)7-8/h8H,4-7,9H2,1-3H3/t8-/m0/s1. The molecule has 0 spiro atoms. The lowest BCUT2D eigenvalue weighted by Gasteiger charge is -2.36. The van der Waals surface area contributed by atoms with Crippen molar-refractivity contribution in [2.24, 2.45) is 11.7 Å². The Labute approximate surface area is 71.6 Å². The SMILES string of the molecule is C[C@H]1CN(CCN)S(C)(C)C1. The van der Waals surface area contributed by atoms with E-state index in [1.165, 1.54) is 12.3 Å². The smallest absolute Gasteiger partial charge is 0.0197 e. The first-order valence-electron chi connectivity index (χ1n) is 4.22. The molecular formula is C8H20N2S. The first kappa shape index (κ1) is 9.36. The van der Waals surface area contributed by atoms with Gasteiger partial charge in [-0.05, 0) is 24.2 Å². The van der Waals surface area contributed by atoms with Gasteiger partial charge in [-0.25, -0.2) is 0 Å². The van der Waals surface area contributed by atoms with Crippen molar-refractivity contribution in [3.8, 4) is 0 Å². The molecule has 1 atom stereocenters. The van der Waals surface area contributed by atoms with E-state index in [2.05, 4.69) is 23.7 Å². The lowest BCUT2D eigenvalue weighted by atomic mass is 10.2. The summed E-state index contributed by atoms with van der Waals surface area (Å²) in [7, 11) is -0.445. The molecule has 0 aromatic rings. The Morgan fingerprint density at radius 3 is 2.55 bits per heavy atom. The van der Waals surface area contributed by atoms with E-state index in [0.29, 0.717) is 0 Å².